The molecule has 1 N–H and O–H groups in total. The van der Waals surface area contributed by atoms with Crippen LogP contribution in [0.3, 0.4) is 0 Å². The molecule has 1 aliphatic heterocycles. The van der Waals surface area contributed by atoms with E-state index in [-0.39, 0.29) is 12.1 Å². The first kappa shape index (κ1) is 18.5. The quantitative estimate of drug-likeness (QED) is 0.638. The summed E-state index contributed by atoms with van der Waals surface area (Å²) in [5.74, 6) is 1.00. The Hall–Kier alpha value is -2.86. The van der Waals surface area contributed by atoms with Gasteiger partial charge in [-0.2, -0.15) is 4.98 Å². The van der Waals surface area contributed by atoms with Crippen molar-refractivity contribution < 1.29 is 9.32 Å². The number of hydrogen-bond donors (Lipinski definition) is 1. The molecular formula is C21H21ClN4O2. The second-order valence-corrected chi connectivity index (χ2v) is 7.33. The maximum Gasteiger partial charge on any atom is 0.322 e. The molecule has 1 atom stereocenters. The lowest BCUT2D eigenvalue weighted by Crippen LogP contribution is -2.41. The third-order valence-corrected chi connectivity index (χ3v) is 5.35. The first-order valence-electron chi connectivity index (χ1n) is 9.34. The number of piperidine rings is 1. The van der Waals surface area contributed by atoms with Gasteiger partial charge in [-0.15, -0.1) is 0 Å². The molecule has 0 unspecified atom stereocenters. The van der Waals surface area contributed by atoms with Crippen LogP contribution in [0.4, 0.5) is 10.5 Å². The van der Waals surface area contributed by atoms with Crippen LogP contribution >= 0.6 is 11.6 Å². The second kappa shape index (κ2) is 8.02. The fourth-order valence-electron chi connectivity index (χ4n) is 3.37. The van der Waals surface area contributed by atoms with Crippen molar-refractivity contribution in [2.75, 3.05) is 11.9 Å². The van der Waals surface area contributed by atoms with Crippen molar-refractivity contribution in [3.8, 4) is 11.4 Å². The van der Waals surface area contributed by atoms with Gasteiger partial charge in [0.2, 0.25) is 11.7 Å². The highest BCUT2D eigenvalue weighted by Crippen LogP contribution is 2.32. The molecule has 28 heavy (non-hydrogen) atoms. The summed E-state index contributed by atoms with van der Waals surface area (Å²) in [7, 11) is 0. The number of amides is 2. The standard InChI is InChI=1S/C21H21ClN4O2/c1-14-10-11-16(13-17(14)22)23-21(27)26-12-6-5-9-18(26)20-24-19(25-28-20)15-7-3-2-4-8-15/h2-4,7-8,10-11,13,18H,5-6,9,12H2,1H3,(H,23,27)/t18-/m1/s1. The van der Waals surface area contributed by atoms with E-state index in [1.165, 1.54) is 0 Å². The third kappa shape index (κ3) is 3.87. The molecule has 0 spiro atoms. The Morgan fingerprint density at radius 2 is 2.04 bits per heavy atom. The number of aromatic nitrogens is 2. The number of anilines is 1. The minimum Gasteiger partial charge on any atom is -0.337 e. The van der Waals surface area contributed by atoms with Gasteiger partial charge in [-0.3, -0.25) is 0 Å². The van der Waals surface area contributed by atoms with Gasteiger partial charge in [0.1, 0.15) is 6.04 Å². The first-order valence-corrected chi connectivity index (χ1v) is 9.72. The van der Waals surface area contributed by atoms with Gasteiger partial charge in [-0.25, -0.2) is 4.79 Å². The van der Waals surface area contributed by atoms with Crippen molar-refractivity contribution in [1.29, 1.82) is 0 Å². The van der Waals surface area contributed by atoms with Crippen LogP contribution in [0.1, 0.15) is 36.8 Å². The molecule has 2 heterocycles. The molecule has 0 saturated carbocycles. The van der Waals surface area contributed by atoms with E-state index in [1.807, 2.05) is 49.4 Å². The topological polar surface area (TPSA) is 71.3 Å². The number of hydrogen-bond acceptors (Lipinski definition) is 4. The molecular weight excluding hydrogens is 376 g/mol. The van der Waals surface area contributed by atoms with E-state index in [1.54, 1.807) is 11.0 Å². The van der Waals surface area contributed by atoms with Crippen molar-refractivity contribution in [2.45, 2.75) is 32.2 Å². The molecule has 2 amide bonds. The van der Waals surface area contributed by atoms with Crippen LogP contribution in [0.2, 0.25) is 5.02 Å². The van der Waals surface area contributed by atoms with Gasteiger partial charge < -0.3 is 14.7 Å². The summed E-state index contributed by atoms with van der Waals surface area (Å²) in [5.41, 5.74) is 2.52. The molecule has 1 fully saturated rings. The van der Waals surface area contributed by atoms with Crippen molar-refractivity contribution in [3.63, 3.8) is 0 Å². The Morgan fingerprint density at radius 1 is 1.21 bits per heavy atom. The first-order chi connectivity index (χ1) is 13.6. The number of benzene rings is 2. The predicted octanol–water partition coefficient (Wildman–Crippen LogP) is 5.46. The van der Waals surface area contributed by atoms with Crippen molar-refractivity contribution >= 4 is 23.3 Å². The van der Waals surface area contributed by atoms with E-state index in [9.17, 15) is 4.79 Å². The zero-order valence-electron chi connectivity index (χ0n) is 15.6. The van der Waals surface area contributed by atoms with Gasteiger partial charge >= 0.3 is 6.03 Å². The highest BCUT2D eigenvalue weighted by Gasteiger charge is 2.32. The summed E-state index contributed by atoms with van der Waals surface area (Å²) in [6.07, 6.45) is 2.74. The molecule has 4 rings (SSSR count). The monoisotopic (exact) mass is 396 g/mol. The number of nitrogens with one attached hydrogen (secondary N) is 1. The molecule has 6 nitrogen and oxygen atoms in total. The van der Waals surface area contributed by atoms with Crippen LogP contribution in [0.15, 0.2) is 53.1 Å². The molecule has 0 radical (unpaired) electrons. The molecule has 0 bridgehead atoms. The average Bonchev–Trinajstić information content (AvgIpc) is 3.21. The highest BCUT2D eigenvalue weighted by atomic mass is 35.5. The number of urea groups is 1. The summed E-state index contributed by atoms with van der Waals surface area (Å²) in [6, 6.07) is 14.7. The molecule has 1 aromatic heterocycles. The lowest BCUT2D eigenvalue weighted by Gasteiger charge is -2.33. The minimum atomic E-state index is -0.236. The Morgan fingerprint density at radius 3 is 2.82 bits per heavy atom. The summed E-state index contributed by atoms with van der Waals surface area (Å²) < 4.78 is 5.52. The number of nitrogens with zero attached hydrogens (tertiary/aromatic N) is 3. The van der Waals surface area contributed by atoms with Gasteiger partial charge in [-0.1, -0.05) is 53.2 Å². The lowest BCUT2D eigenvalue weighted by molar-refractivity contribution is 0.142. The van der Waals surface area contributed by atoms with E-state index in [0.717, 1.165) is 30.4 Å². The lowest BCUT2D eigenvalue weighted by atomic mass is 10.0. The number of carbonyl (C=O) groups is 1. The number of likely N-dealkylation sites (tertiary alicyclic amines) is 1. The number of aryl methyl sites for hydroxylation is 1. The smallest absolute Gasteiger partial charge is 0.322 e. The molecule has 144 valence electrons. The Labute approximate surface area is 168 Å². The Bertz CT molecular complexity index is 974. The Kier molecular flexibility index (Phi) is 5.30. The summed E-state index contributed by atoms with van der Waals surface area (Å²) in [5, 5.41) is 7.65. The number of rotatable bonds is 3. The third-order valence-electron chi connectivity index (χ3n) is 4.95. The number of halogens is 1. The fourth-order valence-corrected chi connectivity index (χ4v) is 3.55. The van der Waals surface area contributed by atoms with Gasteiger partial charge in [0.25, 0.3) is 0 Å². The van der Waals surface area contributed by atoms with Gasteiger partial charge in [0.15, 0.2) is 0 Å². The molecule has 1 aliphatic rings. The average molecular weight is 397 g/mol. The predicted molar refractivity (Wildman–Crippen MR) is 108 cm³/mol. The van der Waals surface area contributed by atoms with Crippen LogP contribution < -0.4 is 5.32 Å². The van der Waals surface area contributed by atoms with E-state index in [0.29, 0.717) is 29.0 Å². The van der Waals surface area contributed by atoms with Gasteiger partial charge in [-0.05, 0) is 43.9 Å². The van der Waals surface area contributed by atoms with E-state index >= 15 is 0 Å². The number of carbonyl (C=O) groups excluding carboxylic acids is 1. The van der Waals surface area contributed by atoms with Crippen molar-refractivity contribution in [2.24, 2.45) is 0 Å². The SMILES string of the molecule is Cc1ccc(NC(=O)N2CCCC[C@@H]2c2nc(-c3ccccc3)no2)cc1Cl. The maximum absolute atomic E-state index is 12.9. The summed E-state index contributed by atoms with van der Waals surface area (Å²) in [4.78, 5) is 19.2. The Balaban J connectivity index is 1.53. The van der Waals surface area contributed by atoms with Gasteiger partial charge in [0.05, 0.1) is 0 Å². The van der Waals surface area contributed by atoms with E-state index < -0.39 is 0 Å². The molecule has 3 aromatic rings. The van der Waals surface area contributed by atoms with Crippen LogP contribution in [-0.2, 0) is 0 Å². The molecule has 0 aliphatic carbocycles. The normalized spacial score (nSPS) is 16.8. The van der Waals surface area contributed by atoms with Crippen LogP contribution in [0.5, 0.6) is 0 Å². The largest absolute Gasteiger partial charge is 0.337 e. The highest BCUT2D eigenvalue weighted by molar-refractivity contribution is 6.31. The van der Waals surface area contributed by atoms with Crippen LogP contribution in [0.25, 0.3) is 11.4 Å². The molecule has 7 heteroatoms. The molecule has 2 aromatic carbocycles. The van der Waals surface area contributed by atoms with Crippen molar-refractivity contribution in [1.82, 2.24) is 15.0 Å². The fraction of sp³-hybridized carbons (Fsp3) is 0.286. The van der Waals surface area contributed by atoms with E-state index in [2.05, 4.69) is 15.5 Å². The van der Waals surface area contributed by atoms with Gasteiger partial charge in [0, 0.05) is 22.8 Å². The maximum atomic E-state index is 12.9. The second-order valence-electron chi connectivity index (χ2n) is 6.92. The van der Waals surface area contributed by atoms with E-state index in [4.69, 9.17) is 16.1 Å². The van der Waals surface area contributed by atoms with Crippen molar-refractivity contribution in [3.05, 3.63) is 65.0 Å². The zero-order chi connectivity index (χ0) is 19.5. The van der Waals surface area contributed by atoms with Crippen LogP contribution in [0, 0.1) is 6.92 Å². The molecule has 1 saturated heterocycles. The summed E-state index contributed by atoms with van der Waals surface area (Å²) >= 11 is 6.17. The summed E-state index contributed by atoms with van der Waals surface area (Å²) in [6.45, 7) is 2.56. The zero-order valence-corrected chi connectivity index (χ0v) is 16.3. The van der Waals surface area contributed by atoms with Crippen LogP contribution in [-0.4, -0.2) is 27.6 Å². The minimum absolute atomic E-state index is 0.191.